The summed E-state index contributed by atoms with van der Waals surface area (Å²) in [5, 5.41) is 12.5. The van der Waals surface area contributed by atoms with Crippen molar-refractivity contribution in [2.75, 3.05) is 6.54 Å². The molecule has 0 amide bonds. The average Bonchev–Trinajstić information content (AvgIpc) is 2.43. The fourth-order valence-corrected chi connectivity index (χ4v) is 1.59. The number of aryl methyl sites for hydroxylation is 2. The summed E-state index contributed by atoms with van der Waals surface area (Å²) in [5.41, 5.74) is 7.07. The van der Waals surface area contributed by atoms with Gasteiger partial charge in [-0.3, -0.25) is 4.79 Å². The van der Waals surface area contributed by atoms with Crippen LogP contribution in [0.2, 0.25) is 0 Å². The van der Waals surface area contributed by atoms with Gasteiger partial charge in [-0.05, 0) is 20.4 Å². The lowest BCUT2D eigenvalue weighted by atomic mass is 9.94. The van der Waals surface area contributed by atoms with Crippen molar-refractivity contribution in [3.05, 3.63) is 17.0 Å². The molecule has 0 aromatic carbocycles. The van der Waals surface area contributed by atoms with Crippen LogP contribution < -0.4 is 5.73 Å². The molecule has 0 bridgehead atoms. The number of carboxylic acid groups (broad SMARTS) is 1. The third-order valence-electron chi connectivity index (χ3n) is 2.20. The molecule has 1 aromatic rings. The number of rotatable bonds is 4. The van der Waals surface area contributed by atoms with Gasteiger partial charge in [-0.1, -0.05) is 5.16 Å². The molecule has 5 nitrogen and oxygen atoms in total. The monoisotopic (exact) mass is 198 g/mol. The van der Waals surface area contributed by atoms with Gasteiger partial charge in [0.25, 0.3) is 0 Å². The molecule has 78 valence electrons. The van der Waals surface area contributed by atoms with Gasteiger partial charge < -0.3 is 15.4 Å². The van der Waals surface area contributed by atoms with E-state index in [2.05, 4.69) is 5.16 Å². The topological polar surface area (TPSA) is 89.4 Å². The second-order valence-electron chi connectivity index (χ2n) is 3.27. The van der Waals surface area contributed by atoms with Crippen molar-refractivity contribution in [3.63, 3.8) is 0 Å². The number of nitrogens with two attached hydrogens (primary N) is 1. The summed E-state index contributed by atoms with van der Waals surface area (Å²) in [5.74, 6) is -0.418. The Kier molecular flexibility index (Phi) is 3.24. The molecule has 0 saturated carbocycles. The van der Waals surface area contributed by atoms with E-state index in [9.17, 15) is 4.79 Å². The Hall–Kier alpha value is -1.36. The van der Waals surface area contributed by atoms with Gasteiger partial charge in [0.05, 0.1) is 12.1 Å². The van der Waals surface area contributed by atoms with E-state index >= 15 is 0 Å². The molecule has 5 heteroatoms. The van der Waals surface area contributed by atoms with Gasteiger partial charge in [-0.2, -0.15) is 0 Å². The zero-order valence-corrected chi connectivity index (χ0v) is 8.28. The van der Waals surface area contributed by atoms with Crippen molar-refractivity contribution in [3.8, 4) is 0 Å². The maximum atomic E-state index is 10.6. The Morgan fingerprint density at radius 1 is 1.64 bits per heavy atom. The lowest BCUT2D eigenvalue weighted by Crippen LogP contribution is -2.17. The van der Waals surface area contributed by atoms with Crippen LogP contribution in [0.4, 0.5) is 0 Å². The van der Waals surface area contributed by atoms with Crippen molar-refractivity contribution < 1.29 is 14.4 Å². The van der Waals surface area contributed by atoms with Crippen molar-refractivity contribution in [2.24, 2.45) is 5.73 Å². The Labute approximate surface area is 81.9 Å². The Bertz CT molecular complexity index is 313. The van der Waals surface area contributed by atoms with E-state index < -0.39 is 5.97 Å². The van der Waals surface area contributed by atoms with Crippen LogP contribution in [0.3, 0.4) is 0 Å². The first-order chi connectivity index (χ1) is 6.56. The standard InChI is InChI=1S/C9H14N2O3/c1-5-9(6(2)14-11-5)7(4-10)3-8(12)13/h7H,3-4,10H2,1-2H3,(H,12,13). The first kappa shape index (κ1) is 10.7. The SMILES string of the molecule is Cc1noc(C)c1C(CN)CC(=O)O. The van der Waals surface area contributed by atoms with Crippen LogP contribution in [-0.2, 0) is 4.79 Å². The third kappa shape index (κ3) is 2.11. The van der Waals surface area contributed by atoms with E-state index in [-0.39, 0.29) is 18.9 Å². The van der Waals surface area contributed by atoms with Crippen molar-refractivity contribution in [2.45, 2.75) is 26.2 Å². The van der Waals surface area contributed by atoms with Crippen LogP contribution in [0.15, 0.2) is 4.52 Å². The van der Waals surface area contributed by atoms with Crippen molar-refractivity contribution in [1.82, 2.24) is 5.16 Å². The number of carbonyl (C=O) groups is 1. The van der Waals surface area contributed by atoms with Gasteiger partial charge in [0, 0.05) is 11.5 Å². The lowest BCUT2D eigenvalue weighted by molar-refractivity contribution is -0.137. The smallest absolute Gasteiger partial charge is 0.304 e. The molecule has 1 rings (SSSR count). The minimum Gasteiger partial charge on any atom is -0.481 e. The normalized spacial score (nSPS) is 12.8. The summed E-state index contributed by atoms with van der Waals surface area (Å²) in [6.45, 7) is 3.84. The molecule has 0 aliphatic heterocycles. The van der Waals surface area contributed by atoms with Crippen molar-refractivity contribution in [1.29, 1.82) is 0 Å². The summed E-state index contributed by atoms with van der Waals surface area (Å²) >= 11 is 0. The van der Waals surface area contributed by atoms with Gasteiger partial charge in [-0.25, -0.2) is 0 Å². The van der Waals surface area contributed by atoms with Gasteiger partial charge in [0.2, 0.25) is 0 Å². The Morgan fingerprint density at radius 2 is 2.29 bits per heavy atom. The Balaban J connectivity index is 2.94. The van der Waals surface area contributed by atoms with E-state index in [1.807, 2.05) is 0 Å². The van der Waals surface area contributed by atoms with Crippen LogP contribution in [0.5, 0.6) is 0 Å². The van der Waals surface area contributed by atoms with Crippen LogP contribution in [0.25, 0.3) is 0 Å². The fourth-order valence-electron chi connectivity index (χ4n) is 1.59. The van der Waals surface area contributed by atoms with Crippen LogP contribution in [0.1, 0.15) is 29.4 Å². The quantitative estimate of drug-likeness (QED) is 0.747. The molecular weight excluding hydrogens is 184 g/mol. The molecule has 1 atom stereocenters. The highest BCUT2D eigenvalue weighted by Crippen LogP contribution is 2.25. The molecule has 1 heterocycles. The summed E-state index contributed by atoms with van der Waals surface area (Å²) in [6.07, 6.45) is 0.0133. The average molecular weight is 198 g/mol. The van der Waals surface area contributed by atoms with E-state index in [4.69, 9.17) is 15.4 Å². The third-order valence-corrected chi connectivity index (χ3v) is 2.20. The zero-order valence-electron chi connectivity index (χ0n) is 8.28. The summed E-state index contributed by atoms with van der Waals surface area (Å²) in [7, 11) is 0. The van der Waals surface area contributed by atoms with E-state index in [0.717, 1.165) is 11.3 Å². The second kappa shape index (κ2) is 4.23. The molecule has 1 aromatic heterocycles. The maximum absolute atomic E-state index is 10.6. The van der Waals surface area contributed by atoms with E-state index in [1.165, 1.54) is 0 Å². The van der Waals surface area contributed by atoms with Gasteiger partial charge in [-0.15, -0.1) is 0 Å². The summed E-state index contributed by atoms with van der Waals surface area (Å²) in [4.78, 5) is 10.6. The van der Waals surface area contributed by atoms with Crippen LogP contribution >= 0.6 is 0 Å². The number of hydrogen-bond acceptors (Lipinski definition) is 4. The summed E-state index contributed by atoms with van der Waals surface area (Å²) in [6, 6.07) is 0. The van der Waals surface area contributed by atoms with Crippen molar-refractivity contribution >= 4 is 5.97 Å². The number of carboxylic acids is 1. The second-order valence-corrected chi connectivity index (χ2v) is 3.27. The van der Waals surface area contributed by atoms with Gasteiger partial charge in [0.1, 0.15) is 5.76 Å². The minimum atomic E-state index is -0.861. The van der Waals surface area contributed by atoms with E-state index in [0.29, 0.717) is 5.76 Å². The molecule has 14 heavy (non-hydrogen) atoms. The zero-order chi connectivity index (χ0) is 10.7. The number of aliphatic carboxylic acids is 1. The molecule has 0 aliphatic carbocycles. The first-order valence-electron chi connectivity index (χ1n) is 4.41. The molecule has 0 saturated heterocycles. The highest BCUT2D eigenvalue weighted by atomic mass is 16.5. The van der Waals surface area contributed by atoms with E-state index in [1.54, 1.807) is 13.8 Å². The lowest BCUT2D eigenvalue weighted by Gasteiger charge is -2.11. The van der Waals surface area contributed by atoms with Crippen LogP contribution in [-0.4, -0.2) is 22.8 Å². The predicted octanol–water partition coefficient (Wildman–Crippen LogP) is 0.808. The molecule has 3 N–H and O–H groups in total. The Morgan fingerprint density at radius 3 is 2.64 bits per heavy atom. The largest absolute Gasteiger partial charge is 0.481 e. The minimum absolute atomic E-state index is 0.0133. The number of nitrogens with zero attached hydrogens (tertiary/aromatic N) is 1. The molecule has 1 unspecified atom stereocenters. The first-order valence-corrected chi connectivity index (χ1v) is 4.41. The molecular formula is C9H14N2O3. The van der Waals surface area contributed by atoms with Gasteiger partial charge >= 0.3 is 5.97 Å². The number of hydrogen-bond donors (Lipinski definition) is 2. The highest BCUT2D eigenvalue weighted by Gasteiger charge is 2.21. The molecule has 0 spiro atoms. The predicted molar refractivity (Wildman–Crippen MR) is 50.0 cm³/mol. The molecule has 0 aliphatic rings. The van der Waals surface area contributed by atoms with Crippen LogP contribution in [0, 0.1) is 13.8 Å². The van der Waals surface area contributed by atoms with Gasteiger partial charge in [0.15, 0.2) is 0 Å². The molecule has 0 radical (unpaired) electrons. The summed E-state index contributed by atoms with van der Waals surface area (Å²) < 4.78 is 4.96. The maximum Gasteiger partial charge on any atom is 0.304 e. The molecule has 0 fully saturated rings. The fraction of sp³-hybridized carbons (Fsp3) is 0.556. The number of aromatic nitrogens is 1. The highest BCUT2D eigenvalue weighted by molar-refractivity contribution is 5.68.